The highest BCUT2D eigenvalue weighted by atomic mass is 15.3. The van der Waals surface area contributed by atoms with Crippen LogP contribution in [0.25, 0.3) is 0 Å². The van der Waals surface area contributed by atoms with Gasteiger partial charge in [0.25, 0.3) is 0 Å². The molecule has 0 amide bonds. The molecular weight excluding hydrogens is 238 g/mol. The first kappa shape index (κ1) is 13.9. The predicted molar refractivity (Wildman–Crippen MR) is 78.1 cm³/mol. The Morgan fingerprint density at radius 1 is 1.37 bits per heavy atom. The van der Waals surface area contributed by atoms with Gasteiger partial charge in [-0.05, 0) is 37.7 Å². The maximum absolute atomic E-state index is 4.28. The predicted octanol–water partition coefficient (Wildman–Crippen LogP) is 1.63. The second kappa shape index (κ2) is 7.16. The molecule has 0 bridgehead atoms. The van der Waals surface area contributed by atoms with Crippen LogP contribution in [0.3, 0.4) is 0 Å². The topological polar surface area (TPSA) is 54.2 Å². The molecule has 0 aromatic carbocycles. The summed E-state index contributed by atoms with van der Waals surface area (Å²) in [6.07, 6.45) is 8.92. The van der Waals surface area contributed by atoms with Crippen molar-refractivity contribution in [3.8, 4) is 0 Å². The van der Waals surface area contributed by atoms with Gasteiger partial charge in [0.05, 0.1) is 6.54 Å². The third-order valence-electron chi connectivity index (χ3n) is 3.77. The molecule has 1 aromatic heterocycles. The van der Waals surface area contributed by atoms with Gasteiger partial charge in [-0.3, -0.25) is 9.67 Å². The molecule has 5 nitrogen and oxygen atoms in total. The summed E-state index contributed by atoms with van der Waals surface area (Å²) in [5, 5.41) is 11.0. The van der Waals surface area contributed by atoms with E-state index >= 15 is 0 Å². The summed E-state index contributed by atoms with van der Waals surface area (Å²) in [7, 11) is 1.83. The number of aliphatic imine (C=N–C) groups is 1. The van der Waals surface area contributed by atoms with E-state index in [1.54, 1.807) is 6.20 Å². The number of nitrogens with one attached hydrogen (secondary N) is 2. The molecule has 5 heteroatoms. The van der Waals surface area contributed by atoms with Gasteiger partial charge in [-0.1, -0.05) is 6.92 Å². The minimum atomic E-state index is 0.576. The van der Waals surface area contributed by atoms with Gasteiger partial charge in [-0.15, -0.1) is 0 Å². The van der Waals surface area contributed by atoms with Crippen LogP contribution in [0.4, 0.5) is 0 Å². The highest BCUT2D eigenvalue weighted by molar-refractivity contribution is 5.79. The molecule has 0 unspecified atom stereocenters. The average Bonchev–Trinajstić information content (AvgIpc) is 2.93. The number of hydrogen-bond donors (Lipinski definition) is 2. The largest absolute Gasteiger partial charge is 0.355 e. The average molecular weight is 263 g/mol. The third kappa shape index (κ3) is 4.58. The second-order valence-electron chi connectivity index (χ2n) is 5.37. The Morgan fingerprint density at radius 2 is 2.16 bits per heavy atom. The van der Waals surface area contributed by atoms with Gasteiger partial charge in [0.2, 0.25) is 0 Å². The van der Waals surface area contributed by atoms with Crippen molar-refractivity contribution in [1.29, 1.82) is 0 Å². The third-order valence-corrected chi connectivity index (χ3v) is 3.77. The standard InChI is InChI=1S/C14H25N5/c1-12-4-6-13(7-5-12)18-14(15-2)16-9-11-19-10-3-8-17-19/h3,8,10,12-13H,4-7,9,11H2,1-2H3,(H2,15,16,18). The van der Waals surface area contributed by atoms with Crippen molar-refractivity contribution in [3.63, 3.8) is 0 Å². The zero-order valence-electron chi connectivity index (χ0n) is 12.0. The van der Waals surface area contributed by atoms with Crippen molar-refractivity contribution in [2.75, 3.05) is 13.6 Å². The number of guanidine groups is 1. The molecule has 1 aromatic rings. The highest BCUT2D eigenvalue weighted by Crippen LogP contribution is 2.23. The van der Waals surface area contributed by atoms with Gasteiger partial charge < -0.3 is 10.6 Å². The van der Waals surface area contributed by atoms with E-state index in [1.807, 2.05) is 24.0 Å². The minimum absolute atomic E-state index is 0.576. The van der Waals surface area contributed by atoms with Gasteiger partial charge in [-0.2, -0.15) is 5.10 Å². The van der Waals surface area contributed by atoms with Crippen LogP contribution in [0, 0.1) is 5.92 Å². The lowest BCUT2D eigenvalue weighted by atomic mass is 9.87. The molecule has 0 saturated heterocycles. The Labute approximate surface area is 115 Å². The Bertz CT molecular complexity index is 377. The molecule has 1 fully saturated rings. The summed E-state index contributed by atoms with van der Waals surface area (Å²) in [5.41, 5.74) is 0. The Kier molecular flexibility index (Phi) is 5.24. The monoisotopic (exact) mass is 263 g/mol. The van der Waals surface area contributed by atoms with Gasteiger partial charge in [0.15, 0.2) is 5.96 Å². The lowest BCUT2D eigenvalue weighted by Gasteiger charge is -2.28. The van der Waals surface area contributed by atoms with Gasteiger partial charge in [-0.25, -0.2) is 0 Å². The lowest BCUT2D eigenvalue weighted by Crippen LogP contribution is -2.45. The number of aromatic nitrogens is 2. The van der Waals surface area contributed by atoms with E-state index in [9.17, 15) is 0 Å². The van der Waals surface area contributed by atoms with Crippen LogP contribution in [-0.4, -0.2) is 35.4 Å². The van der Waals surface area contributed by atoms with E-state index < -0.39 is 0 Å². The molecule has 0 radical (unpaired) electrons. The Morgan fingerprint density at radius 3 is 2.79 bits per heavy atom. The fourth-order valence-corrected chi connectivity index (χ4v) is 2.51. The van der Waals surface area contributed by atoms with Crippen LogP contribution in [0.2, 0.25) is 0 Å². The SMILES string of the molecule is CN=C(NCCn1cccn1)NC1CCC(C)CC1. The first-order chi connectivity index (χ1) is 9.28. The Hall–Kier alpha value is -1.52. The van der Waals surface area contributed by atoms with Crippen molar-refractivity contribution < 1.29 is 0 Å². The Balaban J connectivity index is 1.68. The molecule has 0 aliphatic heterocycles. The van der Waals surface area contributed by atoms with E-state index in [4.69, 9.17) is 0 Å². The molecule has 1 saturated carbocycles. The summed E-state index contributed by atoms with van der Waals surface area (Å²) in [6.45, 7) is 4.03. The molecule has 1 aliphatic rings. The van der Waals surface area contributed by atoms with Crippen molar-refractivity contribution in [3.05, 3.63) is 18.5 Å². The molecule has 19 heavy (non-hydrogen) atoms. The molecule has 2 N–H and O–H groups in total. The van der Waals surface area contributed by atoms with Gasteiger partial charge in [0, 0.05) is 32.0 Å². The normalized spacial score (nSPS) is 24.2. The lowest BCUT2D eigenvalue weighted by molar-refractivity contribution is 0.329. The summed E-state index contributed by atoms with van der Waals surface area (Å²) in [4.78, 5) is 4.28. The molecular formula is C14H25N5. The molecule has 1 heterocycles. The van der Waals surface area contributed by atoms with Crippen LogP contribution < -0.4 is 10.6 Å². The molecule has 0 atom stereocenters. The number of hydrogen-bond acceptors (Lipinski definition) is 2. The van der Waals surface area contributed by atoms with Crippen molar-refractivity contribution in [2.24, 2.45) is 10.9 Å². The first-order valence-electron chi connectivity index (χ1n) is 7.22. The number of nitrogens with zero attached hydrogens (tertiary/aromatic N) is 3. The van der Waals surface area contributed by atoms with E-state index in [-0.39, 0.29) is 0 Å². The molecule has 1 aliphatic carbocycles. The van der Waals surface area contributed by atoms with E-state index in [0.29, 0.717) is 6.04 Å². The van der Waals surface area contributed by atoms with Gasteiger partial charge in [0.1, 0.15) is 0 Å². The highest BCUT2D eigenvalue weighted by Gasteiger charge is 2.18. The van der Waals surface area contributed by atoms with E-state index in [0.717, 1.165) is 25.0 Å². The zero-order chi connectivity index (χ0) is 13.5. The van der Waals surface area contributed by atoms with Crippen LogP contribution in [0.1, 0.15) is 32.6 Å². The first-order valence-corrected chi connectivity index (χ1v) is 7.22. The van der Waals surface area contributed by atoms with E-state index in [1.165, 1.54) is 25.7 Å². The van der Waals surface area contributed by atoms with Crippen LogP contribution >= 0.6 is 0 Å². The summed E-state index contributed by atoms with van der Waals surface area (Å²) in [6, 6.07) is 2.52. The summed E-state index contributed by atoms with van der Waals surface area (Å²) >= 11 is 0. The quantitative estimate of drug-likeness (QED) is 0.641. The molecule has 0 spiro atoms. The van der Waals surface area contributed by atoms with Crippen molar-refractivity contribution in [1.82, 2.24) is 20.4 Å². The molecule has 2 rings (SSSR count). The van der Waals surface area contributed by atoms with Crippen LogP contribution in [0.5, 0.6) is 0 Å². The fraction of sp³-hybridized carbons (Fsp3) is 0.714. The smallest absolute Gasteiger partial charge is 0.191 e. The summed E-state index contributed by atoms with van der Waals surface area (Å²) < 4.78 is 1.92. The maximum Gasteiger partial charge on any atom is 0.191 e. The maximum atomic E-state index is 4.28. The van der Waals surface area contributed by atoms with Crippen molar-refractivity contribution >= 4 is 5.96 Å². The van der Waals surface area contributed by atoms with Crippen LogP contribution in [0.15, 0.2) is 23.5 Å². The second-order valence-corrected chi connectivity index (χ2v) is 5.37. The molecule has 106 valence electrons. The summed E-state index contributed by atoms with van der Waals surface area (Å²) in [5.74, 6) is 1.79. The minimum Gasteiger partial charge on any atom is -0.355 e. The van der Waals surface area contributed by atoms with E-state index in [2.05, 4.69) is 27.6 Å². The fourth-order valence-electron chi connectivity index (χ4n) is 2.51. The number of rotatable bonds is 4. The van der Waals surface area contributed by atoms with Crippen molar-refractivity contribution in [2.45, 2.75) is 45.2 Å². The van der Waals surface area contributed by atoms with Crippen LogP contribution in [-0.2, 0) is 6.54 Å². The van der Waals surface area contributed by atoms with Gasteiger partial charge >= 0.3 is 0 Å². The zero-order valence-corrected chi connectivity index (χ0v) is 12.0.